The molecule has 1 saturated heterocycles. The quantitative estimate of drug-likeness (QED) is 0.407. The Bertz CT molecular complexity index is 1460. The van der Waals surface area contributed by atoms with Crippen LogP contribution >= 0.6 is 0 Å². The molecule has 0 aliphatic carbocycles. The lowest BCUT2D eigenvalue weighted by Crippen LogP contribution is -2.38. The number of sulfonamides is 1. The van der Waals surface area contributed by atoms with Gasteiger partial charge in [-0.25, -0.2) is 13.1 Å². The SMILES string of the molecule is CS(=O)(=O)NCC1CCN(Cc2ccc3[nH]c(-c4cc5ccccc5[nH]c4=O)cc3c2)CC1. The third kappa shape index (κ3) is 5.03. The van der Waals surface area contributed by atoms with Crippen LogP contribution in [-0.4, -0.2) is 49.2 Å². The van der Waals surface area contributed by atoms with Gasteiger partial charge in [-0.1, -0.05) is 24.3 Å². The van der Waals surface area contributed by atoms with Crippen molar-refractivity contribution in [1.29, 1.82) is 0 Å². The van der Waals surface area contributed by atoms with Crippen LogP contribution < -0.4 is 10.3 Å². The lowest BCUT2D eigenvalue weighted by atomic mass is 9.97. The van der Waals surface area contributed by atoms with Crippen molar-refractivity contribution in [2.45, 2.75) is 19.4 Å². The van der Waals surface area contributed by atoms with E-state index in [-0.39, 0.29) is 5.56 Å². The number of hydrogen-bond donors (Lipinski definition) is 3. The Labute approximate surface area is 192 Å². The fourth-order valence-electron chi connectivity index (χ4n) is 4.65. The summed E-state index contributed by atoms with van der Waals surface area (Å²) in [7, 11) is -3.13. The molecular weight excluding hydrogens is 436 g/mol. The van der Waals surface area contributed by atoms with Crippen LogP contribution in [0.4, 0.5) is 0 Å². The number of para-hydroxylation sites is 1. The largest absolute Gasteiger partial charge is 0.354 e. The van der Waals surface area contributed by atoms with Crippen LogP contribution in [-0.2, 0) is 16.6 Å². The van der Waals surface area contributed by atoms with Crippen LogP contribution in [0.2, 0.25) is 0 Å². The predicted octanol–water partition coefficient (Wildman–Crippen LogP) is 3.44. The molecule has 1 aliphatic heterocycles. The summed E-state index contributed by atoms with van der Waals surface area (Å²) < 4.78 is 25.3. The molecule has 0 saturated carbocycles. The molecule has 5 rings (SSSR count). The van der Waals surface area contributed by atoms with Crippen LogP contribution in [0.3, 0.4) is 0 Å². The van der Waals surface area contributed by atoms with Crippen LogP contribution in [0.1, 0.15) is 18.4 Å². The molecule has 0 bridgehead atoms. The van der Waals surface area contributed by atoms with Crippen molar-refractivity contribution < 1.29 is 8.42 Å². The summed E-state index contributed by atoms with van der Waals surface area (Å²) in [6.07, 6.45) is 3.19. The predicted molar refractivity (Wildman–Crippen MR) is 133 cm³/mol. The van der Waals surface area contributed by atoms with Crippen molar-refractivity contribution in [2.24, 2.45) is 5.92 Å². The summed E-state index contributed by atoms with van der Waals surface area (Å²) >= 11 is 0. The molecule has 0 amide bonds. The van der Waals surface area contributed by atoms with Gasteiger partial charge < -0.3 is 9.97 Å². The highest BCUT2D eigenvalue weighted by molar-refractivity contribution is 7.88. The first-order valence-corrected chi connectivity index (χ1v) is 13.1. The number of piperidine rings is 1. The number of likely N-dealkylation sites (tertiary alicyclic amines) is 1. The number of H-pyrrole nitrogens is 2. The van der Waals surface area contributed by atoms with E-state index >= 15 is 0 Å². The number of aromatic amines is 2. The molecule has 172 valence electrons. The van der Waals surface area contributed by atoms with Crippen molar-refractivity contribution in [3.05, 3.63) is 70.5 Å². The molecule has 3 N–H and O–H groups in total. The maximum absolute atomic E-state index is 12.6. The second-order valence-corrected chi connectivity index (χ2v) is 10.9. The van der Waals surface area contributed by atoms with Gasteiger partial charge in [-0.2, -0.15) is 0 Å². The molecule has 0 spiro atoms. The Morgan fingerprint density at radius 1 is 0.970 bits per heavy atom. The lowest BCUT2D eigenvalue weighted by molar-refractivity contribution is 0.178. The van der Waals surface area contributed by atoms with Gasteiger partial charge in [-0.05, 0) is 73.1 Å². The number of rotatable bonds is 6. The third-order valence-electron chi connectivity index (χ3n) is 6.48. The normalized spacial score (nSPS) is 16.0. The second kappa shape index (κ2) is 8.78. The molecule has 4 aromatic rings. The van der Waals surface area contributed by atoms with E-state index in [1.807, 2.05) is 36.4 Å². The number of hydrogen-bond acceptors (Lipinski definition) is 4. The maximum Gasteiger partial charge on any atom is 0.257 e. The number of nitrogens with one attached hydrogen (secondary N) is 3. The van der Waals surface area contributed by atoms with Crippen LogP contribution in [0.25, 0.3) is 33.1 Å². The minimum atomic E-state index is -3.13. The fraction of sp³-hybridized carbons (Fsp3) is 0.320. The molecule has 8 heteroatoms. The van der Waals surface area contributed by atoms with E-state index in [9.17, 15) is 13.2 Å². The van der Waals surface area contributed by atoms with Gasteiger partial charge in [-0.15, -0.1) is 0 Å². The van der Waals surface area contributed by atoms with E-state index in [0.29, 0.717) is 18.0 Å². The van der Waals surface area contributed by atoms with Gasteiger partial charge in [-0.3, -0.25) is 9.69 Å². The van der Waals surface area contributed by atoms with Crippen molar-refractivity contribution in [3.63, 3.8) is 0 Å². The molecule has 7 nitrogen and oxygen atoms in total. The Balaban J connectivity index is 1.30. The number of aromatic nitrogens is 2. The van der Waals surface area contributed by atoms with Crippen molar-refractivity contribution in [1.82, 2.24) is 19.6 Å². The van der Waals surface area contributed by atoms with E-state index in [0.717, 1.165) is 60.0 Å². The summed E-state index contributed by atoms with van der Waals surface area (Å²) in [5.41, 5.74) is 4.42. The minimum Gasteiger partial charge on any atom is -0.354 e. The van der Waals surface area contributed by atoms with Gasteiger partial charge >= 0.3 is 0 Å². The van der Waals surface area contributed by atoms with Crippen molar-refractivity contribution in [3.8, 4) is 11.3 Å². The van der Waals surface area contributed by atoms with Gasteiger partial charge in [0, 0.05) is 29.5 Å². The molecule has 3 heterocycles. The maximum atomic E-state index is 12.6. The highest BCUT2D eigenvalue weighted by Gasteiger charge is 2.20. The van der Waals surface area contributed by atoms with Gasteiger partial charge in [0.2, 0.25) is 10.0 Å². The molecule has 0 atom stereocenters. The molecule has 0 unspecified atom stereocenters. The smallest absolute Gasteiger partial charge is 0.257 e. The first-order chi connectivity index (χ1) is 15.8. The topological polar surface area (TPSA) is 98.1 Å². The average Bonchev–Trinajstić information content (AvgIpc) is 3.21. The molecule has 0 radical (unpaired) electrons. The number of fused-ring (bicyclic) bond motifs is 2. The Morgan fingerprint density at radius 3 is 2.52 bits per heavy atom. The zero-order valence-electron chi connectivity index (χ0n) is 18.6. The summed E-state index contributed by atoms with van der Waals surface area (Å²) in [4.78, 5) is 21.4. The molecule has 2 aromatic heterocycles. The van der Waals surface area contributed by atoms with E-state index < -0.39 is 10.0 Å². The first-order valence-electron chi connectivity index (χ1n) is 11.3. The van der Waals surface area contributed by atoms with Crippen molar-refractivity contribution in [2.75, 3.05) is 25.9 Å². The molecule has 2 aromatic carbocycles. The summed E-state index contributed by atoms with van der Waals surface area (Å²) in [5, 5.41) is 2.09. The molecular formula is C25H28N4O3S. The van der Waals surface area contributed by atoms with E-state index in [1.54, 1.807) is 0 Å². The first kappa shape index (κ1) is 21.9. The highest BCUT2D eigenvalue weighted by atomic mass is 32.2. The highest BCUT2D eigenvalue weighted by Crippen LogP contribution is 2.26. The second-order valence-electron chi connectivity index (χ2n) is 9.04. The third-order valence-corrected chi connectivity index (χ3v) is 7.17. The lowest BCUT2D eigenvalue weighted by Gasteiger charge is -2.32. The van der Waals surface area contributed by atoms with Gasteiger partial charge in [0.05, 0.1) is 17.5 Å². The van der Waals surface area contributed by atoms with E-state index in [2.05, 4.69) is 37.8 Å². The fourth-order valence-corrected chi connectivity index (χ4v) is 5.19. The van der Waals surface area contributed by atoms with E-state index in [4.69, 9.17) is 0 Å². The number of nitrogens with zero attached hydrogens (tertiary/aromatic N) is 1. The van der Waals surface area contributed by atoms with Crippen molar-refractivity contribution >= 4 is 31.8 Å². The zero-order valence-corrected chi connectivity index (χ0v) is 19.4. The van der Waals surface area contributed by atoms with Gasteiger partial charge in [0.1, 0.15) is 0 Å². The summed E-state index contributed by atoms with van der Waals surface area (Å²) in [6, 6.07) is 18.1. The zero-order chi connectivity index (χ0) is 23.0. The molecule has 1 aliphatic rings. The standard InChI is InChI=1S/C25H28N4O3S/c1-33(31,32)26-15-17-8-10-29(11-9-17)16-18-6-7-23-20(12-18)14-24(27-23)21-13-19-4-2-3-5-22(19)28-25(21)30/h2-7,12-14,17,26-27H,8-11,15-16H2,1H3,(H,28,30). The van der Waals surface area contributed by atoms with Crippen LogP contribution in [0.15, 0.2) is 59.4 Å². The molecule has 1 fully saturated rings. The number of benzene rings is 2. The van der Waals surface area contributed by atoms with Crippen LogP contribution in [0.5, 0.6) is 0 Å². The molecule has 33 heavy (non-hydrogen) atoms. The Hall–Kier alpha value is -2.94. The number of pyridine rings is 1. The van der Waals surface area contributed by atoms with Crippen LogP contribution in [0, 0.1) is 5.92 Å². The average molecular weight is 465 g/mol. The van der Waals surface area contributed by atoms with Gasteiger partial charge in [0.15, 0.2) is 0 Å². The Morgan fingerprint density at radius 2 is 1.73 bits per heavy atom. The monoisotopic (exact) mass is 464 g/mol. The minimum absolute atomic E-state index is 0.103. The Kier molecular flexibility index (Phi) is 5.82. The summed E-state index contributed by atoms with van der Waals surface area (Å²) in [6.45, 7) is 3.30. The summed E-state index contributed by atoms with van der Waals surface area (Å²) in [5.74, 6) is 0.394. The van der Waals surface area contributed by atoms with E-state index in [1.165, 1.54) is 11.8 Å². The van der Waals surface area contributed by atoms with Gasteiger partial charge in [0.25, 0.3) is 5.56 Å².